The van der Waals surface area contributed by atoms with E-state index in [9.17, 15) is 0 Å². The lowest BCUT2D eigenvalue weighted by molar-refractivity contribution is -0.0796. The summed E-state index contributed by atoms with van der Waals surface area (Å²) in [4.78, 5) is 7.79. The fourth-order valence-corrected chi connectivity index (χ4v) is 2.79. The molecular formula is C14H20N4O. The van der Waals surface area contributed by atoms with Crippen molar-refractivity contribution in [3.63, 3.8) is 0 Å². The molecule has 19 heavy (non-hydrogen) atoms. The number of hydrogen-bond donors (Lipinski definition) is 3. The number of aromatic amines is 1. The van der Waals surface area contributed by atoms with Crippen LogP contribution in [0.1, 0.15) is 20.3 Å². The van der Waals surface area contributed by atoms with Crippen molar-refractivity contribution in [1.29, 1.82) is 0 Å². The number of nitrogen functional groups attached to an aromatic ring is 1. The largest absolute Gasteiger partial charge is 0.399 e. The number of imidazole rings is 1. The van der Waals surface area contributed by atoms with Crippen molar-refractivity contribution in [2.75, 3.05) is 18.2 Å². The summed E-state index contributed by atoms with van der Waals surface area (Å²) in [7, 11) is 1.77. The van der Waals surface area contributed by atoms with Gasteiger partial charge in [-0.1, -0.05) is 13.8 Å². The van der Waals surface area contributed by atoms with Gasteiger partial charge in [0.25, 0.3) is 0 Å². The fourth-order valence-electron chi connectivity index (χ4n) is 2.79. The van der Waals surface area contributed by atoms with Crippen LogP contribution in [0.3, 0.4) is 0 Å². The van der Waals surface area contributed by atoms with Crippen LogP contribution in [0.5, 0.6) is 0 Å². The first-order chi connectivity index (χ1) is 9.00. The second-order valence-corrected chi connectivity index (χ2v) is 5.84. The van der Waals surface area contributed by atoms with Crippen LogP contribution in [0.15, 0.2) is 18.2 Å². The lowest BCUT2D eigenvalue weighted by Crippen LogP contribution is -2.57. The zero-order valence-corrected chi connectivity index (χ0v) is 11.5. The van der Waals surface area contributed by atoms with Crippen LogP contribution in [-0.2, 0) is 4.74 Å². The summed E-state index contributed by atoms with van der Waals surface area (Å²) in [6.07, 6.45) is 1.31. The van der Waals surface area contributed by atoms with Gasteiger partial charge in [-0.2, -0.15) is 0 Å². The van der Waals surface area contributed by atoms with Gasteiger partial charge in [-0.05, 0) is 24.6 Å². The van der Waals surface area contributed by atoms with Gasteiger partial charge in [0.1, 0.15) is 0 Å². The summed E-state index contributed by atoms with van der Waals surface area (Å²) in [5.74, 6) is 0.799. The molecule has 102 valence electrons. The number of aromatic nitrogens is 2. The Bertz CT molecular complexity index is 605. The van der Waals surface area contributed by atoms with Gasteiger partial charge in [0.2, 0.25) is 5.95 Å². The van der Waals surface area contributed by atoms with Crippen LogP contribution < -0.4 is 11.1 Å². The predicted molar refractivity (Wildman–Crippen MR) is 77.1 cm³/mol. The molecule has 2 aromatic rings. The Labute approximate surface area is 112 Å². The minimum Gasteiger partial charge on any atom is -0.399 e. The highest BCUT2D eigenvalue weighted by Gasteiger charge is 2.48. The van der Waals surface area contributed by atoms with Gasteiger partial charge in [-0.25, -0.2) is 4.98 Å². The Morgan fingerprint density at radius 2 is 2.26 bits per heavy atom. The first-order valence-corrected chi connectivity index (χ1v) is 6.55. The number of hydrogen-bond acceptors (Lipinski definition) is 4. The quantitative estimate of drug-likeness (QED) is 0.741. The molecule has 1 aromatic heterocycles. The third-order valence-corrected chi connectivity index (χ3v) is 4.28. The average Bonchev–Trinajstić information content (AvgIpc) is 2.75. The lowest BCUT2D eigenvalue weighted by Gasteiger charge is -2.51. The van der Waals surface area contributed by atoms with Gasteiger partial charge >= 0.3 is 0 Å². The molecule has 5 nitrogen and oxygen atoms in total. The van der Waals surface area contributed by atoms with E-state index in [0.29, 0.717) is 12.1 Å². The zero-order valence-electron chi connectivity index (χ0n) is 11.5. The van der Waals surface area contributed by atoms with E-state index in [0.717, 1.165) is 29.1 Å². The van der Waals surface area contributed by atoms with Crippen molar-refractivity contribution >= 4 is 22.7 Å². The Morgan fingerprint density at radius 1 is 1.47 bits per heavy atom. The molecule has 0 radical (unpaired) electrons. The third kappa shape index (κ3) is 1.94. The highest BCUT2D eigenvalue weighted by molar-refractivity contribution is 5.80. The third-order valence-electron chi connectivity index (χ3n) is 4.28. The maximum Gasteiger partial charge on any atom is 0.201 e. The molecule has 1 saturated carbocycles. The van der Waals surface area contributed by atoms with Crippen LogP contribution in [0.4, 0.5) is 11.6 Å². The minimum atomic E-state index is 0.118. The summed E-state index contributed by atoms with van der Waals surface area (Å²) in [6.45, 7) is 4.42. The number of ether oxygens (including phenoxy) is 1. The van der Waals surface area contributed by atoms with Gasteiger partial charge in [0.15, 0.2) is 0 Å². The Kier molecular flexibility index (Phi) is 2.67. The maximum atomic E-state index is 5.77. The van der Waals surface area contributed by atoms with E-state index in [1.165, 1.54) is 0 Å². The molecule has 1 aliphatic rings. The number of nitrogens with one attached hydrogen (secondary N) is 2. The molecule has 0 bridgehead atoms. The number of rotatable bonds is 3. The normalized spacial score (nSPS) is 25.2. The van der Waals surface area contributed by atoms with Crippen molar-refractivity contribution in [3.8, 4) is 0 Å². The standard InChI is InChI=1S/C14H20N4O/c1-14(2)11(7-12(14)19-3)18-13-16-9-5-4-8(15)6-10(9)17-13/h4-6,11-12H,7,15H2,1-3H3,(H2,16,17,18). The van der Waals surface area contributed by atoms with E-state index in [1.54, 1.807) is 7.11 Å². The van der Waals surface area contributed by atoms with Crippen LogP contribution in [0, 0.1) is 5.41 Å². The Balaban J connectivity index is 1.79. The van der Waals surface area contributed by atoms with Gasteiger partial charge in [0, 0.05) is 24.3 Å². The first kappa shape index (κ1) is 12.3. The monoisotopic (exact) mass is 260 g/mol. The molecule has 0 saturated heterocycles. The summed E-state index contributed by atoms with van der Waals surface area (Å²) in [6, 6.07) is 6.06. The van der Waals surface area contributed by atoms with Crippen molar-refractivity contribution in [2.24, 2.45) is 5.41 Å². The van der Waals surface area contributed by atoms with E-state index >= 15 is 0 Å². The second kappa shape index (κ2) is 4.13. The highest BCUT2D eigenvalue weighted by Crippen LogP contribution is 2.43. The molecule has 2 atom stereocenters. The minimum absolute atomic E-state index is 0.118. The van der Waals surface area contributed by atoms with Gasteiger partial charge < -0.3 is 20.8 Å². The van der Waals surface area contributed by atoms with Gasteiger partial charge in [-0.3, -0.25) is 0 Å². The number of anilines is 2. The van der Waals surface area contributed by atoms with E-state index in [-0.39, 0.29) is 5.41 Å². The van der Waals surface area contributed by atoms with Crippen molar-refractivity contribution in [1.82, 2.24) is 9.97 Å². The van der Waals surface area contributed by atoms with E-state index in [1.807, 2.05) is 18.2 Å². The molecule has 5 heteroatoms. The fraction of sp³-hybridized carbons (Fsp3) is 0.500. The lowest BCUT2D eigenvalue weighted by atomic mass is 9.64. The number of methoxy groups -OCH3 is 1. The Hall–Kier alpha value is -1.75. The summed E-state index contributed by atoms with van der Waals surface area (Å²) in [5, 5.41) is 3.45. The number of H-pyrrole nitrogens is 1. The second-order valence-electron chi connectivity index (χ2n) is 5.84. The van der Waals surface area contributed by atoms with E-state index in [2.05, 4.69) is 29.1 Å². The molecule has 0 aliphatic heterocycles. The van der Waals surface area contributed by atoms with Gasteiger partial charge in [0.05, 0.1) is 17.1 Å². The van der Waals surface area contributed by atoms with Crippen molar-refractivity contribution in [2.45, 2.75) is 32.4 Å². The van der Waals surface area contributed by atoms with Crippen molar-refractivity contribution < 1.29 is 4.74 Å². The molecule has 1 aromatic carbocycles. The van der Waals surface area contributed by atoms with Crippen LogP contribution in [0.25, 0.3) is 11.0 Å². The summed E-state index contributed by atoms with van der Waals surface area (Å²) >= 11 is 0. The number of benzene rings is 1. The first-order valence-electron chi connectivity index (χ1n) is 6.55. The van der Waals surface area contributed by atoms with Crippen LogP contribution in [-0.4, -0.2) is 29.2 Å². The molecule has 1 heterocycles. The topological polar surface area (TPSA) is 76.0 Å². The SMILES string of the molecule is COC1CC(Nc2nc3ccc(N)cc3[nH]2)C1(C)C. The number of nitrogens with two attached hydrogens (primary N) is 1. The van der Waals surface area contributed by atoms with Crippen molar-refractivity contribution in [3.05, 3.63) is 18.2 Å². The molecule has 3 rings (SSSR count). The smallest absolute Gasteiger partial charge is 0.201 e. The molecule has 2 unspecified atom stereocenters. The molecular weight excluding hydrogens is 240 g/mol. The van der Waals surface area contributed by atoms with Gasteiger partial charge in [-0.15, -0.1) is 0 Å². The molecule has 4 N–H and O–H groups in total. The number of nitrogens with zero attached hydrogens (tertiary/aromatic N) is 1. The molecule has 0 amide bonds. The van der Waals surface area contributed by atoms with E-state index in [4.69, 9.17) is 10.5 Å². The maximum absolute atomic E-state index is 5.77. The zero-order chi connectivity index (χ0) is 13.6. The molecule has 1 aliphatic carbocycles. The number of fused-ring (bicyclic) bond motifs is 1. The van der Waals surface area contributed by atoms with Crippen LogP contribution >= 0.6 is 0 Å². The molecule has 1 fully saturated rings. The predicted octanol–water partition coefficient (Wildman–Crippen LogP) is 2.37. The van der Waals surface area contributed by atoms with Crippen LogP contribution in [0.2, 0.25) is 0 Å². The summed E-state index contributed by atoms with van der Waals surface area (Å²) in [5.41, 5.74) is 8.51. The average molecular weight is 260 g/mol. The van der Waals surface area contributed by atoms with E-state index < -0.39 is 0 Å². The Morgan fingerprint density at radius 3 is 2.95 bits per heavy atom. The highest BCUT2D eigenvalue weighted by atomic mass is 16.5. The molecule has 0 spiro atoms. The summed E-state index contributed by atoms with van der Waals surface area (Å²) < 4.78 is 5.46.